The maximum atomic E-state index is 9.19. The lowest BCUT2D eigenvalue weighted by Gasteiger charge is -2.44. The summed E-state index contributed by atoms with van der Waals surface area (Å²) in [4.78, 5) is 16.3. The Bertz CT molecular complexity index is 758. The molecule has 0 radical (unpaired) electrons. The van der Waals surface area contributed by atoms with Gasteiger partial charge in [-0.2, -0.15) is 9.97 Å². The highest BCUT2D eigenvalue weighted by molar-refractivity contribution is 5.95. The fourth-order valence-corrected chi connectivity index (χ4v) is 5.25. The molecule has 3 aliphatic rings. The molecule has 1 saturated carbocycles. The van der Waals surface area contributed by atoms with Gasteiger partial charge in [0.25, 0.3) is 0 Å². The Morgan fingerprint density at radius 1 is 1.14 bits per heavy atom. The molecule has 2 aliphatic heterocycles. The Hall–Kier alpha value is -2.13. The van der Waals surface area contributed by atoms with Crippen LogP contribution in [0.4, 0.5) is 5.82 Å². The average molecular weight is 404 g/mol. The monoisotopic (exact) mass is 403 g/mol. The zero-order chi connectivity index (χ0) is 20.5. The van der Waals surface area contributed by atoms with E-state index in [1.807, 2.05) is 6.07 Å². The molecule has 2 saturated heterocycles. The van der Waals surface area contributed by atoms with Crippen molar-refractivity contribution in [1.82, 2.24) is 19.8 Å². The second-order valence-corrected chi connectivity index (χ2v) is 8.63. The maximum absolute atomic E-state index is 9.19. The van der Waals surface area contributed by atoms with Crippen LogP contribution in [0.1, 0.15) is 44.7 Å². The van der Waals surface area contributed by atoms with Crippen LogP contribution in [0.3, 0.4) is 0 Å². The first-order valence-corrected chi connectivity index (χ1v) is 10.7. The minimum absolute atomic E-state index is 0.0266. The molecular formula is C20H33N7O2. The fourth-order valence-electron chi connectivity index (χ4n) is 5.25. The van der Waals surface area contributed by atoms with Gasteiger partial charge in [0.1, 0.15) is 17.6 Å². The van der Waals surface area contributed by atoms with Crippen molar-refractivity contribution in [2.45, 2.75) is 63.3 Å². The molecule has 0 aromatic carbocycles. The number of hydrogen-bond donors (Lipinski definition) is 2. The number of piperazine rings is 1. The highest BCUT2D eigenvalue weighted by Crippen LogP contribution is 2.34. The molecule has 9 nitrogen and oxygen atoms in total. The maximum Gasteiger partial charge on any atom is 0.319 e. The van der Waals surface area contributed by atoms with Gasteiger partial charge < -0.3 is 20.6 Å². The molecule has 0 spiro atoms. The molecule has 29 heavy (non-hydrogen) atoms. The average Bonchev–Trinajstić information content (AvgIpc) is 3.37. The van der Waals surface area contributed by atoms with Gasteiger partial charge in [0, 0.05) is 37.3 Å². The van der Waals surface area contributed by atoms with Crippen molar-refractivity contribution in [2.24, 2.45) is 10.9 Å². The molecule has 1 aromatic rings. The van der Waals surface area contributed by atoms with Crippen molar-refractivity contribution in [3.8, 4) is 6.01 Å². The first-order chi connectivity index (χ1) is 14.0. The molecule has 4 atom stereocenters. The Kier molecular flexibility index (Phi) is 5.78. The van der Waals surface area contributed by atoms with E-state index in [1.54, 1.807) is 0 Å². The standard InChI is InChI=1S/C20H33N7O2/c1-13(15-8-5-9-25(15)2)29-20-22-14(19(21)24-28)12-18(23-20)27-11-10-26(3)16-6-4-7-17(16)27/h12-13,15-17,28H,4-11H2,1-3H3,(H2,21,24)/t13-,15-,16?,17?/m0/s1. The predicted octanol–water partition coefficient (Wildman–Crippen LogP) is 1.11. The van der Waals surface area contributed by atoms with E-state index in [9.17, 15) is 5.21 Å². The van der Waals surface area contributed by atoms with Crippen molar-refractivity contribution in [1.29, 1.82) is 0 Å². The number of fused-ring (bicyclic) bond motifs is 1. The van der Waals surface area contributed by atoms with Gasteiger partial charge in [-0.3, -0.25) is 9.80 Å². The largest absolute Gasteiger partial charge is 0.459 e. The lowest BCUT2D eigenvalue weighted by atomic mass is 10.1. The van der Waals surface area contributed by atoms with Gasteiger partial charge in [0.2, 0.25) is 0 Å². The molecule has 1 aromatic heterocycles. The van der Waals surface area contributed by atoms with E-state index in [4.69, 9.17) is 15.5 Å². The summed E-state index contributed by atoms with van der Waals surface area (Å²) in [5.41, 5.74) is 6.28. The molecule has 1 aliphatic carbocycles. The first kappa shape index (κ1) is 20.2. The molecule has 2 unspecified atom stereocenters. The normalized spacial score (nSPS) is 29.8. The number of hydrogen-bond acceptors (Lipinski definition) is 8. The summed E-state index contributed by atoms with van der Waals surface area (Å²) in [6.45, 7) is 5.03. The summed E-state index contributed by atoms with van der Waals surface area (Å²) in [6, 6.07) is 3.42. The van der Waals surface area contributed by atoms with Gasteiger partial charge in [-0.05, 0) is 59.7 Å². The molecule has 3 fully saturated rings. The van der Waals surface area contributed by atoms with Crippen LogP contribution in [0.5, 0.6) is 6.01 Å². The smallest absolute Gasteiger partial charge is 0.319 e. The van der Waals surface area contributed by atoms with Gasteiger partial charge in [-0.25, -0.2) is 0 Å². The molecule has 160 valence electrons. The molecular weight excluding hydrogens is 370 g/mol. The minimum Gasteiger partial charge on any atom is -0.459 e. The van der Waals surface area contributed by atoms with Gasteiger partial charge in [0.05, 0.1) is 0 Å². The second kappa shape index (κ2) is 8.31. The van der Waals surface area contributed by atoms with Crippen LogP contribution in [-0.2, 0) is 0 Å². The highest BCUT2D eigenvalue weighted by atomic mass is 16.5. The van der Waals surface area contributed by atoms with E-state index in [0.717, 1.165) is 38.3 Å². The van der Waals surface area contributed by atoms with Crippen LogP contribution >= 0.6 is 0 Å². The van der Waals surface area contributed by atoms with Crippen molar-refractivity contribution in [2.75, 3.05) is 38.6 Å². The second-order valence-electron chi connectivity index (χ2n) is 8.63. The summed E-state index contributed by atoms with van der Waals surface area (Å²) in [5, 5.41) is 12.3. The van der Waals surface area contributed by atoms with Crippen molar-refractivity contribution >= 4 is 11.7 Å². The number of likely N-dealkylation sites (N-methyl/N-ethyl adjacent to an activating group) is 2. The topological polar surface area (TPSA) is 103 Å². The van der Waals surface area contributed by atoms with Crippen LogP contribution in [0.15, 0.2) is 11.2 Å². The third kappa shape index (κ3) is 3.98. The van der Waals surface area contributed by atoms with Crippen molar-refractivity contribution in [3.05, 3.63) is 11.8 Å². The Labute approximate surface area is 172 Å². The summed E-state index contributed by atoms with van der Waals surface area (Å²) < 4.78 is 6.17. The number of nitrogens with zero attached hydrogens (tertiary/aromatic N) is 6. The first-order valence-electron chi connectivity index (χ1n) is 10.7. The van der Waals surface area contributed by atoms with Crippen LogP contribution in [0.2, 0.25) is 0 Å². The Morgan fingerprint density at radius 2 is 1.93 bits per heavy atom. The number of nitrogens with two attached hydrogens (primary N) is 1. The Morgan fingerprint density at radius 3 is 2.66 bits per heavy atom. The quantitative estimate of drug-likeness (QED) is 0.326. The molecule has 4 rings (SSSR count). The van der Waals surface area contributed by atoms with E-state index >= 15 is 0 Å². The highest BCUT2D eigenvalue weighted by Gasteiger charge is 2.39. The van der Waals surface area contributed by atoms with Gasteiger partial charge >= 0.3 is 6.01 Å². The summed E-state index contributed by atoms with van der Waals surface area (Å²) in [7, 11) is 4.33. The number of amidine groups is 1. The fraction of sp³-hybridized carbons (Fsp3) is 0.750. The van der Waals surface area contributed by atoms with Crippen LogP contribution in [0.25, 0.3) is 0 Å². The SMILES string of the molecule is C[C@H](Oc1nc(/C(N)=N/O)cc(N2CCN(C)C3CCCC32)n1)[C@@H]1CCCN1C. The third-order valence-corrected chi connectivity index (χ3v) is 6.87. The number of likely N-dealkylation sites (tertiary alicyclic amines) is 1. The van der Waals surface area contributed by atoms with E-state index in [0.29, 0.717) is 29.8 Å². The molecule has 3 N–H and O–H groups in total. The number of ether oxygens (including phenoxy) is 1. The third-order valence-electron chi connectivity index (χ3n) is 6.87. The minimum atomic E-state index is -0.0374. The summed E-state index contributed by atoms with van der Waals surface area (Å²) in [5.74, 6) is 0.773. The number of oxime groups is 1. The van der Waals surface area contributed by atoms with Crippen molar-refractivity contribution < 1.29 is 9.94 Å². The molecule has 3 heterocycles. The van der Waals surface area contributed by atoms with Crippen LogP contribution in [0, 0.1) is 0 Å². The lowest BCUT2D eigenvalue weighted by Crippen LogP contribution is -2.56. The molecule has 0 bridgehead atoms. The number of aromatic nitrogens is 2. The van der Waals surface area contributed by atoms with Crippen LogP contribution < -0.4 is 15.4 Å². The number of rotatable bonds is 5. The molecule has 9 heteroatoms. The van der Waals surface area contributed by atoms with Gasteiger partial charge in [-0.1, -0.05) is 5.16 Å². The Balaban J connectivity index is 1.62. The van der Waals surface area contributed by atoms with Crippen LogP contribution in [-0.4, -0.2) is 88.8 Å². The number of anilines is 1. The van der Waals surface area contributed by atoms with E-state index in [2.05, 4.69) is 45.9 Å². The van der Waals surface area contributed by atoms with E-state index in [1.165, 1.54) is 19.3 Å². The van der Waals surface area contributed by atoms with E-state index in [-0.39, 0.29) is 11.9 Å². The summed E-state index contributed by atoms with van der Waals surface area (Å²) in [6.07, 6.45) is 5.83. The summed E-state index contributed by atoms with van der Waals surface area (Å²) >= 11 is 0. The van der Waals surface area contributed by atoms with E-state index < -0.39 is 0 Å². The molecule has 0 amide bonds. The van der Waals surface area contributed by atoms with Gasteiger partial charge in [-0.15, -0.1) is 0 Å². The zero-order valence-electron chi connectivity index (χ0n) is 17.7. The zero-order valence-corrected chi connectivity index (χ0v) is 17.7. The van der Waals surface area contributed by atoms with Gasteiger partial charge in [0.15, 0.2) is 5.84 Å². The van der Waals surface area contributed by atoms with Crippen molar-refractivity contribution in [3.63, 3.8) is 0 Å². The lowest BCUT2D eigenvalue weighted by molar-refractivity contribution is 0.111. The predicted molar refractivity (Wildman–Crippen MR) is 112 cm³/mol.